The summed E-state index contributed by atoms with van der Waals surface area (Å²) in [6.07, 6.45) is 1.66. The summed E-state index contributed by atoms with van der Waals surface area (Å²) in [5.41, 5.74) is 1.11. The Balaban J connectivity index is 2.26. The van der Waals surface area contributed by atoms with Gasteiger partial charge in [-0.05, 0) is 24.1 Å². The van der Waals surface area contributed by atoms with Gasteiger partial charge in [0.25, 0.3) is 0 Å². The van der Waals surface area contributed by atoms with Crippen LogP contribution < -0.4 is 10.6 Å². The van der Waals surface area contributed by atoms with E-state index in [2.05, 4.69) is 10.6 Å². The number of carbonyl (C=O) groups is 2. The maximum atomic E-state index is 11.4. The largest absolute Gasteiger partial charge is 0.478 e. The highest BCUT2D eigenvalue weighted by atomic mass is 32.2. The van der Waals surface area contributed by atoms with Crippen LogP contribution in [0.2, 0.25) is 0 Å². The normalized spacial score (nSPS) is 10.9. The third-order valence-corrected chi connectivity index (χ3v) is 3.60. The molecule has 0 aliphatic carbocycles. The lowest BCUT2D eigenvalue weighted by atomic mass is 10.1. The van der Waals surface area contributed by atoms with Crippen molar-refractivity contribution < 1.29 is 23.1 Å². The molecule has 0 saturated heterocycles. The standard InChI is InChI=1S/C13H18N2O5S/c1-21(19,20)9-8-15-13(18)14-7-6-10-2-4-11(5-3-10)12(16)17/h2-5H,6-9H2,1H3,(H,16,17)(H2,14,15,18). The maximum Gasteiger partial charge on any atom is 0.335 e. The van der Waals surface area contributed by atoms with Crippen LogP contribution >= 0.6 is 0 Å². The number of amides is 2. The number of rotatable bonds is 7. The van der Waals surface area contributed by atoms with Crippen LogP contribution in [0.15, 0.2) is 24.3 Å². The molecule has 1 aromatic carbocycles. The van der Waals surface area contributed by atoms with E-state index in [1.807, 2.05) is 0 Å². The zero-order valence-electron chi connectivity index (χ0n) is 11.6. The number of sulfone groups is 1. The van der Waals surface area contributed by atoms with Gasteiger partial charge in [-0.3, -0.25) is 0 Å². The van der Waals surface area contributed by atoms with E-state index in [1.165, 1.54) is 12.1 Å². The molecular formula is C13H18N2O5S. The Kier molecular flexibility index (Phi) is 6.16. The van der Waals surface area contributed by atoms with Crippen LogP contribution in [0, 0.1) is 0 Å². The summed E-state index contributed by atoms with van der Waals surface area (Å²) in [6, 6.07) is 5.95. The summed E-state index contributed by atoms with van der Waals surface area (Å²) in [6.45, 7) is 0.440. The van der Waals surface area contributed by atoms with Gasteiger partial charge >= 0.3 is 12.0 Å². The van der Waals surface area contributed by atoms with Crippen LogP contribution in [0.25, 0.3) is 0 Å². The van der Waals surface area contributed by atoms with Gasteiger partial charge in [0, 0.05) is 19.3 Å². The first-order valence-corrected chi connectivity index (χ1v) is 8.35. The van der Waals surface area contributed by atoms with Crippen LogP contribution in [0.5, 0.6) is 0 Å². The Morgan fingerprint density at radius 1 is 1.10 bits per heavy atom. The fraction of sp³-hybridized carbons (Fsp3) is 0.385. The zero-order chi connectivity index (χ0) is 15.9. The molecule has 1 aromatic rings. The first kappa shape index (κ1) is 17.0. The minimum absolute atomic E-state index is 0.0674. The highest BCUT2D eigenvalue weighted by Gasteiger charge is 2.05. The fourth-order valence-corrected chi connectivity index (χ4v) is 2.02. The van der Waals surface area contributed by atoms with Gasteiger partial charge in [0.15, 0.2) is 0 Å². The molecule has 7 nitrogen and oxygen atoms in total. The number of hydrogen-bond acceptors (Lipinski definition) is 4. The molecule has 0 aliphatic heterocycles. The lowest BCUT2D eigenvalue weighted by molar-refractivity contribution is 0.0697. The third-order valence-electron chi connectivity index (χ3n) is 2.66. The smallest absolute Gasteiger partial charge is 0.335 e. The molecule has 2 amide bonds. The van der Waals surface area contributed by atoms with Crippen molar-refractivity contribution >= 4 is 21.8 Å². The predicted molar refractivity (Wildman–Crippen MR) is 78.2 cm³/mol. The number of carbonyl (C=O) groups excluding carboxylic acids is 1. The quantitative estimate of drug-likeness (QED) is 0.669. The number of carboxylic acid groups (broad SMARTS) is 1. The Hall–Kier alpha value is -2.09. The molecule has 8 heteroatoms. The molecule has 21 heavy (non-hydrogen) atoms. The molecule has 0 atom stereocenters. The molecule has 0 heterocycles. The average Bonchev–Trinajstić information content (AvgIpc) is 2.37. The SMILES string of the molecule is CS(=O)(=O)CCNC(=O)NCCc1ccc(C(=O)O)cc1. The number of carboxylic acids is 1. The van der Waals surface area contributed by atoms with Crippen LogP contribution in [0.3, 0.4) is 0 Å². The number of aromatic carboxylic acids is 1. The van der Waals surface area contributed by atoms with E-state index in [1.54, 1.807) is 12.1 Å². The van der Waals surface area contributed by atoms with E-state index in [0.717, 1.165) is 11.8 Å². The first-order chi connectivity index (χ1) is 9.78. The van der Waals surface area contributed by atoms with Crippen molar-refractivity contribution in [2.45, 2.75) is 6.42 Å². The lowest BCUT2D eigenvalue weighted by Crippen LogP contribution is -2.38. The number of benzene rings is 1. The second-order valence-corrected chi connectivity index (χ2v) is 6.82. The van der Waals surface area contributed by atoms with E-state index >= 15 is 0 Å². The molecule has 0 saturated carbocycles. The summed E-state index contributed by atoms with van der Waals surface area (Å²) in [4.78, 5) is 22.0. The molecule has 0 aromatic heterocycles. The van der Waals surface area contributed by atoms with E-state index in [4.69, 9.17) is 5.11 Å². The zero-order valence-corrected chi connectivity index (χ0v) is 12.4. The molecule has 0 unspecified atom stereocenters. The first-order valence-electron chi connectivity index (χ1n) is 6.29. The van der Waals surface area contributed by atoms with Crippen molar-refractivity contribution in [2.24, 2.45) is 0 Å². The Morgan fingerprint density at radius 3 is 2.19 bits per heavy atom. The highest BCUT2D eigenvalue weighted by molar-refractivity contribution is 7.90. The fourth-order valence-electron chi connectivity index (χ4n) is 1.55. The molecule has 0 fully saturated rings. The molecule has 0 spiro atoms. The van der Waals surface area contributed by atoms with Gasteiger partial charge in [0.2, 0.25) is 0 Å². The topological polar surface area (TPSA) is 113 Å². The van der Waals surface area contributed by atoms with Gasteiger partial charge in [0.1, 0.15) is 9.84 Å². The van der Waals surface area contributed by atoms with E-state index in [-0.39, 0.29) is 17.9 Å². The molecule has 0 aliphatic rings. The second kappa shape index (κ2) is 7.63. The van der Waals surface area contributed by atoms with E-state index < -0.39 is 21.8 Å². The number of urea groups is 1. The summed E-state index contributed by atoms with van der Waals surface area (Å²) in [7, 11) is -3.08. The van der Waals surface area contributed by atoms with Gasteiger partial charge in [0.05, 0.1) is 11.3 Å². The van der Waals surface area contributed by atoms with Crippen molar-refractivity contribution in [1.82, 2.24) is 10.6 Å². The highest BCUT2D eigenvalue weighted by Crippen LogP contribution is 2.04. The van der Waals surface area contributed by atoms with Crippen LogP contribution in [0.4, 0.5) is 4.79 Å². The molecule has 1 rings (SSSR count). The maximum absolute atomic E-state index is 11.4. The monoisotopic (exact) mass is 314 g/mol. The van der Waals surface area contributed by atoms with E-state index in [0.29, 0.717) is 13.0 Å². The molecular weight excluding hydrogens is 296 g/mol. The minimum Gasteiger partial charge on any atom is -0.478 e. The van der Waals surface area contributed by atoms with Gasteiger partial charge in [-0.15, -0.1) is 0 Å². The van der Waals surface area contributed by atoms with Crippen molar-refractivity contribution in [1.29, 1.82) is 0 Å². The number of nitrogens with one attached hydrogen (secondary N) is 2. The van der Waals surface area contributed by atoms with E-state index in [9.17, 15) is 18.0 Å². The average molecular weight is 314 g/mol. The van der Waals surface area contributed by atoms with Crippen LogP contribution in [-0.4, -0.2) is 50.6 Å². The summed E-state index contributed by atoms with van der Waals surface area (Å²) in [5, 5.41) is 13.8. The summed E-state index contributed by atoms with van der Waals surface area (Å²) in [5.74, 6) is -1.08. The Bertz CT molecular complexity index is 595. The second-order valence-electron chi connectivity index (χ2n) is 4.56. The number of hydrogen-bond donors (Lipinski definition) is 3. The van der Waals surface area contributed by atoms with Crippen molar-refractivity contribution in [3.05, 3.63) is 35.4 Å². The van der Waals surface area contributed by atoms with Crippen molar-refractivity contribution in [3.63, 3.8) is 0 Å². The van der Waals surface area contributed by atoms with Crippen molar-refractivity contribution in [3.8, 4) is 0 Å². The Labute approximate surface area is 123 Å². The summed E-state index contributed by atoms with van der Waals surface area (Å²) >= 11 is 0. The molecule has 0 bridgehead atoms. The molecule has 0 radical (unpaired) electrons. The van der Waals surface area contributed by atoms with Gasteiger partial charge < -0.3 is 15.7 Å². The minimum atomic E-state index is -3.08. The van der Waals surface area contributed by atoms with Crippen LogP contribution in [-0.2, 0) is 16.3 Å². The third kappa shape index (κ3) is 7.31. The van der Waals surface area contributed by atoms with Crippen molar-refractivity contribution in [2.75, 3.05) is 25.1 Å². The van der Waals surface area contributed by atoms with Gasteiger partial charge in [-0.2, -0.15) is 0 Å². The molecule has 116 valence electrons. The lowest BCUT2D eigenvalue weighted by Gasteiger charge is -2.07. The van der Waals surface area contributed by atoms with Crippen LogP contribution in [0.1, 0.15) is 15.9 Å². The van der Waals surface area contributed by atoms with Gasteiger partial charge in [-0.1, -0.05) is 12.1 Å². The molecule has 3 N–H and O–H groups in total. The summed E-state index contributed by atoms with van der Waals surface area (Å²) < 4.78 is 21.7. The van der Waals surface area contributed by atoms with Gasteiger partial charge in [-0.25, -0.2) is 18.0 Å². The predicted octanol–water partition coefficient (Wildman–Crippen LogP) is 0.271. The Morgan fingerprint density at radius 2 is 1.67 bits per heavy atom.